The summed E-state index contributed by atoms with van der Waals surface area (Å²) in [4.78, 5) is 24.9. The molecule has 6 nitrogen and oxygen atoms in total. The number of nitrogens with zero attached hydrogens (tertiary/aromatic N) is 1. The highest BCUT2D eigenvalue weighted by Crippen LogP contribution is 2.33. The van der Waals surface area contributed by atoms with Crippen LogP contribution in [0.5, 0.6) is 5.75 Å². The molecule has 0 fully saturated rings. The molecule has 1 aliphatic rings. The third-order valence-corrected chi connectivity index (χ3v) is 3.08. The van der Waals surface area contributed by atoms with Crippen molar-refractivity contribution >= 4 is 17.6 Å². The van der Waals surface area contributed by atoms with E-state index in [1.54, 1.807) is 0 Å². The molecule has 0 spiro atoms. The quantitative estimate of drug-likeness (QED) is 0.847. The number of benzene rings is 1. The molecule has 0 saturated carbocycles. The molecule has 0 radical (unpaired) electrons. The Hall–Kier alpha value is -2.24. The Bertz CT molecular complexity index is 530. The maximum absolute atomic E-state index is 11.8. The zero-order valence-corrected chi connectivity index (χ0v) is 11.9. The van der Waals surface area contributed by atoms with E-state index in [9.17, 15) is 9.59 Å². The Kier molecular flexibility index (Phi) is 4.12. The first-order chi connectivity index (χ1) is 9.49. The molecule has 2 rings (SSSR count). The lowest BCUT2D eigenvalue weighted by atomic mass is 10.1. The highest BCUT2D eigenvalue weighted by atomic mass is 16.5. The summed E-state index contributed by atoms with van der Waals surface area (Å²) in [7, 11) is 1.47. The minimum Gasteiger partial charge on any atom is -0.487 e. The van der Waals surface area contributed by atoms with E-state index >= 15 is 0 Å². The van der Waals surface area contributed by atoms with Crippen LogP contribution in [0.1, 0.15) is 12.5 Å². The molecule has 0 unspecified atom stereocenters. The number of urea groups is 1. The molecule has 1 atom stereocenters. The van der Waals surface area contributed by atoms with Gasteiger partial charge in [-0.1, -0.05) is 6.07 Å². The van der Waals surface area contributed by atoms with Crippen LogP contribution in [-0.4, -0.2) is 38.2 Å². The van der Waals surface area contributed by atoms with Gasteiger partial charge in [-0.25, -0.2) is 4.79 Å². The van der Waals surface area contributed by atoms with Gasteiger partial charge >= 0.3 is 6.03 Å². The largest absolute Gasteiger partial charge is 0.487 e. The number of fused-ring (bicyclic) bond motifs is 1. The fourth-order valence-electron chi connectivity index (χ4n) is 2.19. The van der Waals surface area contributed by atoms with Gasteiger partial charge in [-0.15, -0.1) is 0 Å². The average molecular weight is 277 g/mol. The van der Waals surface area contributed by atoms with Gasteiger partial charge in [0.25, 0.3) is 0 Å². The Balaban J connectivity index is 2.13. The molecular weight excluding hydrogens is 258 g/mol. The SMILES string of the molecule is CNC(=O)NC(=O)CN1C[C@H](C)Oc2cc(C)ccc21. The average Bonchev–Trinajstić information content (AvgIpc) is 2.37. The lowest BCUT2D eigenvalue weighted by molar-refractivity contribution is -0.118. The summed E-state index contributed by atoms with van der Waals surface area (Å²) in [5, 5.41) is 4.62. The molecule has 0 bridgehead atoms. The predicted molar refractivity (Wildman–Crippen MR) is 76.1 cm³/mol. The number of carbonyl (C=O) groups excluding carboxylic acids is 2. The molecule has 0 aromatic heterocycles. The van der Waals surface area contributed by atoms with Crippen LogP contribution in [0.2, 0.25) is 0 Å². The predicted octanol–water partition coefficient (Wildman–Crippen LogP) is 1.04. The molecule has 2 N–H and O–H groups in total. The van der Waals surface area contributed by atoms with Crippen molar-refractivity contribution in [3.63, 3.8) is 0 Å². The first-order valence-corrected chi connectivity index (χ1v) is 6.53. The van der Waals surface area contributed by atoms with Crippen LogP contribution < -0.4 is 20.3 Å². The van der Waals surface area contributed by atoms with Gasteiger partial charge in [-0.05, 0) is 31.5 Å². The maximum atomic E-state index is 11.8. The highest BCUT2D eigenvalue weighted by Gasteiger charge is 2.24. The van der Waals surface area contributed by atoms with Gasteiger partial charge in [-0.2, -0.15) is 0 Å². The van der Waals surface area contributed by atoms with Crippen molar-refractivity contribution in [2.24, 2.45) is 0 Å². The van der Waals surface area contributed by atoms with Crippen LogP contribution in [0, 0.1) is 6.92 Å². The van der Waals surface area contributed by atoms with Crippen molar-refractivity contribution < 1.29 is 14.3 Å². The van der Waals surface area contributed by atoms with Crippen LogP contribution in [0.15, 0.2) is 18.2 Å². The van der Waals surface area contributed by atoms with Crippen LogP contribution >= 0.6 is 0 Å². The maximum Gasteiger partial charge on any atom is 0.321 e. The number of hydrogen-bond donors (Lipinski definition) is 2. The van der Waals surface area contributed by atoms with Gasteiger partial charge in [0.2, 0.25) is 5.91 Å². The van der Waals surface area contributed by atoms with Gasteiger partial charge in [0.1, 0.15) is 11.9 Å². The number of imide groups is 1. The second-order valence-corrected chi connectivity index (χ2v) is 4.91. The van der Waals surface area contributed by atoms with Crippen molar-refractivity contribution in [2.75, 3.05) is 25.0 Å². The highest BCUT2D eigenvalue weighted by molar-refractivity contribution is 5.96. The zero-order chi connectivity index (χ0) is 14.7. The van der Waals surface area contributed by atoms with Crippen molar-refractivity contribution in [3.05, 3.63) is 23.8 Å². The second kappa shape index (κ2) is 5.81. The number of anilines is 1. The molecule has 0 saturated heterocycles. The van der Waals surface area contributed by atoms with Crippen molar-refractivity contribution in [3.8, 4) is 5.75 Å². The Morgan fingerprint density at radius 3 is 2.90 bits per heavy atom. The first kappa shape index (κ1) is 14.2. The van der Waals surface area contributed by atoms with Crippen molar-refractivity contribution in [1.29, 1.82) is 0 Å². The van der Waals surface area contributed by atoms with Gasteiger partial charge in [0.05, 0.1) is 18.8 Å². The van der Waals surface area contributed by atoms with Crippen molar-refractivity contribution in [1.82, 2.24) is 10.6 Å². The smallest absolute Gasteiger partial charge is 0.321 e. The summed E-state index contributed by atoms with van der Waals surface area (Å²) >= 11 is 0. The van der Waals surface area contributed by atoms with E-state index in [4.69, 9.17) is 4.74 Å². The summed E-state index contributed by atoms with van der Waals surface area (Å²) in [6, 6.07) is 5.36. The molecule has 1 aliphatic heterocycles. The van der Waals surface area contributed by atoms with Crippen LogP contribution in [0.3, 0.4) is 0 Å². The Morgan fingerprint density at radius 2 is 2.20 bits per heavy atom. The lowest BCUT2D eigenvalue weighted by Gasteiger charge is -2.34. The van der Waals surface area contributed by atoms with E-state index < -0.39 is 6.03 Å². The summed E-state index contributed by atoms with van der Waals surface area (Å²) in [6.45, 7) is 4.68. The van der Waals surface area contributed by atoms with Crippen LogP contribution in [0.25, 0.3) is 0 Å². The number of hydrogen-bond acceptors (Lipinski definition) is 4. The third-order valence-electron chi connectivity index (χ3n) is 3.08. The second-order valence-electron chi connectivity index (χ2n) is 4.91. The number of amides is 3. The van der Waals surface area contributed by atoms with Gasteiger partial charge in [0, 0.05) is 7.05 Å². The fraction of sp³-hybridized carbons (Fsp3) is 0.429. The molecule has 1 aromatic rings. The molecular formula is C14H19N3O3. The topological polar surface area (TPSA) is 70.7 Å². The third kappa shape index (κ3) is 3.20. The van der Waals surface area contributed by atoms with E-state index in [0.29, 0.717) is 6.54 Å². The monoisotopic (exact) mass is 277 g/mol. The van der Waals surface area contributed by atoms with E-state index in [-0.39, 0.29) is 18.6 Å². The molecule has 6 heteroatoms. The molecule has 108 valence electrons. The standard InChI is InChI=1S/C14H19N3O3/c1-9-4-5-11-12(6-9)20-10(2)7-17(11)8-13(18)16-14(19)15-3/h4-6,10H,7-8H2,1-3H3,(H2,15,16,18,19)/t10-/m0/s1. The molecule has 3 amide bonds. The summed E-state index contributed by atoms with van der Waals surface area (Å²) in [5.41, 5.74) is 1.98. The summed E-state index contributed by atoms with van der Waals surface area (Å²) in [6.07, 6.45) is -0.00268. The Morgan fingerprint density at radius 1 is 1.45 bits per heavy atom. The summed E-state index contributed by atoms with van der Waals surface area (Å²) < 4.78 is 5.77. The first-order valence-electron chi connectivity index (χ1n) is 6.53. The molecule has 20 heavy (non-hydrogen) atoms. The molecule has 0 aliphatic carbocycles. The number of carbonyl (C=O) groups is 2. The van der Waals surface area contributed by atoms with Crippen LogP contribution in [0.4, 0.5) is 10.5 Å². The minimum absolute atomic E-state index is 0.00268. The van der Waals surface area contributed by atoms with E-state index in [2.05, 4.69) is 10.6 Å². The van der Waals surface area contributed by atoms with E-state index in [1.807, 2.05) is 36.9 Å². The fourth-order valence-corrected chi connectivity index (χ4v) is 2.19. The number of nitrogens with one attached hydrogen (secondary N) is 2. The molecule has 1 heterocycles. The lowest BCUT2D eigenvalue weighted by Crippen LogP contribution is -2.47. The minimum atomic E-state index is -0.500. The number of ether oxygens (including phenoxy) is 1. The van der Waals surface area contributed by atoms with Crippen molar-refractivity contribution in [2.45, 2.75) is 20.0 Å². The summed E-state index contributed by atoms with van der Waals surface area (Å²) in [5.74, 6) is 0.432. The van der Waals surface area contributed by atoms with Gasteiger partial charge in [0.15, 0.2) is 0 Å². The normalized spacial score (nSPS) is 16.9. The van der Waals surface area contributed by atoms with Gasteiger partial charge < -0.3 is 15.0 Å². The molecule has 1 aromatic carbocycles. The van der Waals surface area contributed by atoms with Crippen LogP contribution in [-0.2, 0) is 4.79 Å². The zero-order valence-electron chi connectivity index (χ0n) is 11.9. The van der Waals surface area contributed by atoms with Gasteiger partial charge in [-0.3, -0.25) is 10.1 Å². The number of rotatable bonds is 2. The Labute approximate surface area is 118 Å². The number of aryl methyl sites for hydroxylation is 1. The van der Waals surface area contributed by atoms with E-state index in [0.717, 1.165) is 17.0 Å². The van der Waals surface area contributed by atoms with E-state index in [1.165, 1.54) is 7.05 Å².